The fraction of sp³-hybridized carbons (Fsp3) is 0.596. The van der Waals surface area contributed by atoms with Crippen LogP contribution in [0.3, 0.4) is 0 Å². The Labute approximate surface area is 410 Å². The summed E-state index contributed by atoms with van der Waals surface area (Å²) < 4.78 is 39.0. The normalized spacial score (nSPS) is 19.4. The molecule has 374 valence electrons. The van der Waals surface area contributed by atoms with E-state index in [1.807, 2.05) is 81.1 Å². The number of carbonyl (C=O) groups is 3. The summed E-state index contributed by atoms with van der Waals surface area (Å²) in [6.07, 6.45) is 1.12. The molecule has 0 bridgehead atoms. The number of halogens is 2. The highest BCUT2D eigenvalue weighted by Gasteiger charge is 2.45. The average Bonchev–Trinajstić information content (AvgIpc) is 3.69. The molecule has 3 fully saturated rings. The van der Waals surface area contributed by atoms with E-state index < -0.39 is 26.1 Å². The molecule has 3 aliphatic rings. The molecule has 2 N–H and O–H groups in total. The number of anilines is 1. The molecule has 0 radical (unpaired) electrons. The number of benzene rings is 3. The maximum absolute atomic E-state index is 14.9. The minimum Gasteiger partial charge on any atom is -0.493 e. The second-order valence-corrected chi connectivity index (χ2v) is 26.3. The monoisotopic (exact) mass is 979 g/mol. The molecule has 0 aromatic heterocycles. The van der Waals surface area contributed by atoms with Crippen LogP contribution in [0.1, 0.15) is 78.0 Å². The zero-order chi connectivity index (χ0) is 49.2. The number of rotatable bonds is 17. The van der Waals surface area contributed by atoms with Gasteiger partial charge in [-0.25, -0.2) is 14.0 Å². The Balaban J connectivity index is 1.07. The molecule has 0 spiro atoms. The first-order valence-corrected chi connectivity index (χ1v) is 27.8. The van der Waals surface area contributed by atoms with Crippen molar-refractivity contribution in [2.24, 2.45) is 11.8 Å². The standard InChI is InChI=1S/C52H76ClFN6O7Si/c1-10-64-45-18-14-17-43(54)42(45)34-58-27-29-59(30-28-58)48(61)47(56-49(62)65-36-37-15-12-11-13-16-37)38-21-24-57(25-22-38)26-23-39-31-41(53)19-20-44(39)55-32-40-33-60(50(63)66-51(2,3)4)35-46(40)67-68(8,9)52(5,6)7/h11-20,31,38,40,46-47,55H,10,21-30,32-36H2,1-9H3,(H,56,62)/t40-,46+,47-/m1/s1. The summed E-state index contributed by atoms with van der Waals surface area (Å²) in [5.41, 5.74) is 2.88. The topological polar surface area (TPSA) is 125 Å². The zero-order valence-electron chi connectivity index (χ0n) is 41.9. The molecule has 3 aliphatic heterocycles. The van der Waals surface area contributed by atoms with Crippen molar-refractivity contribution < 1.29 is 37.4 Å². The van der Waals surface area contributed by atoms with Gasteiger partial charge in [0.2, 0.25) is 5.91 Å². The lowest BCUT2D eigenvalue weighted by atomic mass is 9.88. The number of amides is 3. The number of ether oxygens (including phenoxy) is 3. The first-order chi connectivity index (χ1) is 32.2. The van der Waals surface area contributed by atoms with Gasteiger partial charge in [0.1, 0.15) is 29.8 Å². The smallest absolute Gasteiger partial charge is 0.410 e. The van der Waals surface area contributed by atoms with Crippen LogP contribution in [-0.4, -0.2) is 136 Å². The summed E-state index contributed by atoms with van der Waals surface area (Å²) >= 11 is 6.61. The number of carbonyl (C=O) groups excluding carboxylic acids is 3. The molecule has 3 amide bonds. The number of nitrogens with zero attached hydrogens (tertiary/aromatic N) is 4. The average molecular weight is 980 g/mol. The number of piperidine rings is 1. The predicted octanol–water partition coefficient (Wildman–Crippen LogP) is 9.44. The third-order valence-corrected chi connectivity index (χ3v) is 18.6. The Kier molecular flexibility index (Phi) is 18.3. The van der Waals surface area contributed by atoms with Crippen molar-refractivity contribution in [2.45, 2.75) is 117 Å². The molecule has 68 heavy (non-hydrogen) atoms. The highest BCUT2D eigenvalue weighted by atomic mass is 35.5. The lowest BCUT2D eigenvalue weighted by Crippen LogP contribution is -2.58. The van der Waals surface area contributed by atoms with E-state index >= 15 is 0 Å². The number of piperazine rings is 1. The van der Waals surface area contributed by atoms with E-state index in [1.165, 1.54) is 6.07 Å². The molecule has 3 atom stereocenters. The third kappa shape index (κ3) is 14.8. The van der Waals surface area contributed by atoms with Crippen molar-refractivity contribution in [1.82, 2.24) is 24.9 Å². The van der Waals surface area contributed by atoms with E-state index in [0.717, 1.165) is 55.7 Å². The number of likely N-dealkylation sites (tertiary alicyclic amines) is 2. The number of nitrogens with one attached hydrogen (secondary N) is 2. The van der Waals surface area contributed by atoms with Gasteiger partial charge in [0, 0.05) is 81.1 Å². The fourth-order valence-corrected chi connectivity index (χ4v) is 10.5. The Hall–Kier alpha value is -4.41. The van der Waals surface area contributed by atoms with Crippen LogP contribution < -0.4 is 15.4 Å². The second kappa shape index (κ2) is 23.5. The number of alkyl carbamates (subject to hydrolysis) is 1. The van der Waals surface area contributed by atoms with Crippen molar-refractivity contribution >= 4 is 43.7 Å². The minimum absolute atomic E-state index is 0.0153. The lowest BCUT2D eigenvalue weighted by Gasteiger charge is -2.40. The summed E-state index contributed by atoms with van der Waals surface area (Å²) in [6, 6.07) is 19.6. The quantitative estimate of drug-likeness (QED) is 0.127. The molecular weight excluding hydrogens is 903 g/mol. The van der Waals surface area contributed by atoms with Gasteiger partial charge in [0.25, 0.3) is 0 Å². The van der Waals surface area contributed by atoms with Crippen LogP contribution in [-0.2, 0) is 38.3 Å². The van der Waals surface area contributed by atoms with Crippen molar-refractivity contribution in [2.75, 3.05) is 77.4 Å². The van der Waals surface area contributed by atoms with Gasteiger partial charge in [-0.15, -0.1) is 0 Å². The lowest BCUT2D eigenvalue weighted by molar-refractivity contribution is -0.137. The van der Waals surface area contributed by atoms with Gasteiger partial charge in [-0.3, -0.25) is 9.69 Å². The van der Waals surface area contributed by atoms with Gasteiger partial charge in [-0.05, 0) is 126 Å². The molecule has 3 heterocycles. The first kappa shape index (κ1) is 52.9. The SMILES string of the molecule is CCOc1cccc(F)c1CN1CCN(C(=O)[C@H](NC(=O)OCc2ccccc2)C2CCN(CCc3cc(Cl)ccc3NC[C@@H]3CN(C(=O)OC(C)(C)C)C[C@@H]3O[Si](C)(C)C(C)(C)C)CC2)CC1. The van der Waals surface area contributed by atoms with Gasteiger partial charge in [-0.2, -0.15) is 0 Å². The summed E-state index contributed by atoms with van der Waals surface area (Å²) in [7, 11) is -2.15. The van der Waals surface area contributed by atoms with Crippen molar-refractivity contribution in [3.8, 4) is 5.75 Å². The highest BCUT2D eigenvalue weighted by Crippen LogP contribution is 2.39. The number of hydrogen-bond donors (Lipinski definition) is 2. The summed E-state index contributed by atoms with van der Waals surface area (Å²) in [5, 5.41) is 7.39. The van der Waals surface area contributed by atoms with Crippen LogP contribution in [0.25, 0.3) is 0 Å². The summed E-state index contributed by atoms with van der Waals surface area (Å²) in [4.78, 5) is 49.2. The van der Waals surface area contributed by atoms with Crippen LogP contribution in [0.15, 0.2) is 66.7 Å². The maximum atomic E-state index is 14.9. The van der Waals surface area contributed by atoms with E-state index in [9.17, 15) is 18.8 Å². The van der Waals surface area contributed by atoms with Gasteiger partial charge in [0.15, 0.2) is 8.32 Å². The molecule has 16 heteroatoms. The molecule has 13 nitrogen and oxygen atoms in total. The molecule has 6 rings (SSSR count). The summed E-state index contributed by atoms with van der Waals surface area (Å²) in [6.45, 7) is 25.6. The van der Waals surface area contributed by atoms with Crippen molar-refractivity contribution in [1.29, 1.82) is 0 Å². The molecule has 0 saturated carbocycles. The van der Waals surface area contributed by atoms with Gasteiger partial charge < -0.3 is 44.0 Å². The fourth-order valence-electron chi connectivity index (χ4n) is 8.98. The highest BCUT2D eigenvalue weighted by molar-refractivity contribution is 6.74. The Bertz CT molecular complexity index is 2140. The van der Waals surface area contributed by atoms with E-state index in [2.05, 4.69) is 54.3 Å². The number of hydrogen-bond acceptors (Lipinski definition) is 10. The third-order valence-electron chi connectivity index (χ3n) is 13.9. The van der Waals surface area contributed by atoms with Crippen molar-refractivity contribution in [3.05, 3.63) is 94.3 Å². The van der Waals surface area contributed by atoms with E-state index in [-0.39, 0.29) is 47.4 Å². The van der Waals surface area contributed by atoms with E-state index in [1.54, 1.807) is 17.0 Å². The predicted molar refractivity (Wildman–Crippen MR) is 269 cm³/mol. The minimum atomic E-state index is -2.15. The Morgan fingerprint density at radius 3 is 2.24 bits per heavy atom. The molecule has 0 aliphatic carbocycles. The van der Waals surface area contributed by atoms with Crippen LogP contribution in [0, 0.1) is 17.7 Å². The van der Waals surface area contributed by atoms with Crippen LogP contribution in [0.4, 0.5) is 19.7 Å². The second-order valence-electron chi connectivity index (χ2n) is 21.1. The first-order valence-electron chi connectivity index (χ1n) is 24.5. The Morgan fingerprint density at radius 1 is 0.868 bits per heavy atom. The molecular formula is C52H76ClFN6O7Si. The largest absolute Gasteiger partial charge is 0.493 e. The zero-order valence-corrected chi connectivity index (χ0v) is 43.6. The molecule has 3 aromatic carbocycles. The molecule has 3 aromatic rings. The van der Waals surface area contributed by atoms with Gasteiger partial charge in [0.05, 0.1) is 12.7 Å². The van der Waals surface area contributed by atoms with Crippen molar-refractivity contribution in [3.63, 3.8) is 0 Å². The van der Waals surface area contributed by atoms with E-state index in [0.29, 0.717) is 75.3 Å². The summed E-state index contributed by atoms with van der Waals surface area (Å²) in [5.74, 6) is 0.0678. The van der Waals surface area contributed by atoms with Gasteiger partial charge >= 0.3 is 12.2 Å². The Morgan fingerprint density at radius 2 is 1.57 bits per heavy atom. The van der Waals surface area contributed by atoms with Crippen LogP contribution in [0.2, 0.25) is 23.2 Å². The van der Waals surface area contributed by atoms with Crippen LogP contribution >= 0.6 is 11.6 Å². The van der Waals surface area contributed by atoms with Gasteiger partial charge in [-0.1, -0.05) is 68.8 Å². The maximum Gasteiger partial charge on any atom is 0.410 e. The molecule has 0 unspecified atom stereocenters. The molecule has 3 saturated heterocycles. The van der Waals surface area contributed by atoms with E-state index in [4.69, 9.17) is 30.2 Å². The van der Waals surface area contributed by atoms with Crippen LogP contribution in [0.5, 0.6) is 5.75 Å².